The van der Waals surface area contributed by atoms with Crippen LogP contribution in [0.3, 0.4) is 0 Å². The molecule has 1 aliphatic rings. The molecule has 1 atom stereocenters. The third kappa shape index (κ3) is 4.08. The molecule has 106 valence electrons. The number of hydrogen-bond acceptors (Lipinski definition) is 2. The Balaban J connectivity index is 1.90. The maximum absolute atomic E-state index is 13.5. The van der Waals surface area contributed by atoms with Crippen molar-refractivity contribution in [3.05, 3.63) is 35.4 Å². The van der Waals surface area contributed by atoms with Gasteiger partial charge in [-0.1, -0.05) is 6.07 Å². The minimum Gasteiger partial charge on any atom is -0.311 e. The van der Waals surface area contributed by atoms with E-state index in [-0.39, 0.29) is 11.6 Å². The lowest BCUT2D eigenvalue weighted by atomic mass is 10.0. The number of nitrogens with one attached hydrogen (secondary N) is 1. The van der Waals surface area contributed by atoms with Crippen LogP contribution in [0, 0.1) is 11.6 Å². The summed E-state index contributed by atoms with van der Waals surface area (Å²) in [5.41, 5.74) is 0.141. The van der Waals surface area contributed by atoms with Crippen molar-refractivity contribution in [3.63, 3.8) is 0 Å². The molecule has 0 saturated carbocycles. The molecule has 1 aromatic rings. The Labute approximate surface area is 115 Å². The van der Waals surface area contributed by atoms with Gasteiger partial charge in [-0.2, -0.15) is 0 Å². The molecular weight excluding hydrogens is 268 g/mol. The molecule has 1 N–H and O–H groups in total. The molecule has 1 unspecified atom stereocenters. The van der Waals surface area contributed by atoms with Crippen molar-refractivity contribution in [1.82, 2.24) is 5.32 Å². The zero-order valence-corrected chi connectivity index (χ0v) is 11.8. The maximum Gasteiger partial charge on any atom is 0.129 e. The van der Waals surface area contributed by atoms with Gasteiger partial charge in [0, 0.05) is 40.0 Å². The van der Waals surface area contributed by atoms with Gasteiger partial charge in [0.05, 0.1) is 0 Å². The first-order valence-corrected chi connectivity index (χ1v) is 8.09. The van der Waals surface area contributed by atoms with Crippen molar-refractivity contribution in [1.29, 1.82) is 0 Å². The van der Waals surface area contributed by atoms with Crippen molar-refractivity contribution >= 4 is 10.8 Å². The molecule has 2 nitrogen and oxygen atoms in total. The van der Waals surface area contributed by atoms with Gasteiger partial charge >= 0.3 is 0 Å². The van der Waals surface area contributed by atoms with E-state index >= 15 is 0 Å². The van der Waals surface area contributed by atoms with Crippen molar-refractivity contribution in [2.24, 2.45) is 0 Å². The Bertz CT molecular complexity index is 437. The van der Waals surface area contributed by atoms with Gasteiger partial charge in [-0.3, -0.25) is 4.21 Å². The SMILES string of the molecule is CC(Cc1c(F)cccc1F)NC1CCS(=O)CC1. The van der Waals surface area contributed by atoms with Gasteiger partial charge in [-0.25, -0.2) is 8.78 Å². The van der Waals surface area contributed by atoms with E-state index in [0.29, 0.717) is 12.5 Å². The summed E-state index contributed by atoms with van der Waals surface area (Å²) in [6.45, 7) is 1.93. The highest BCUT2D eigenvalue weighted by molar-refractivity contribution is 7.85. The zero-order chi connectivity index (χ0) is 13.8. The number of halogens is 2. The molecule has 0 aromatic heterocycles. The highest BCUT2D eigenvalue weighted by Gasteiger charge is 2.20. The van der Waals surface area contributed by atoms with Gasteiger partial charge in [-0.15, -0.1) is 0 Å². The third-order valence-corrected chi connectivity index (χ3v) is 4.86. The first-order chi connectivity index (χ1) is 9.06. The van der Waals surface area contributed by atoms with E-state index in [0.717, 1.165) is 24.3 Å². The average molecular weight is 287 g/mol. The molecule has 0 radical (unpaired) electrons. The van der Waals surface area contributed by atoms with E-state index in [1.807, 2.05) is 6.92 Å². The van der Waals surface area contributed by atoms with Crippen LogP contribution in [0.15, 0.2) is 18.2 Å². The maximum atomic E-state index is 13.5. The van der Waals surface area contributed by atoms with Crippen LogP contribution in [0.4, 0.5) is 8.78 Å². The molecule has 0 spiro atoms. The largest absolute Gasteiger partial charge is 0.311 e. The molecular formula is C14H19F2NOS. The summed E-state index contributed by atoms with van der Waals surface area (Å²) in [6.07, 6.45) is 2.07. The molecule has 1 aliphatic heterocycles. The van der Waals surface area contributed by atoms with Crippen LogP contribution in [0.25, 0.3) is 0 Å². The second-order valence-electron chi connectivity index (χ2n) is 5.09. The minimum atomic E-state index is -0.681. The third-order valence-electron chi connectivity index (χ3n) is 3.48. The summed E-state index contributed by atoms with van der Waals surface area (Å²) >= 11 is 0. The Morgan fingerprint density at radius 1 is 1.32 bits per heavy atom. The van der Waals surface area contributed by atoms with E-state index in [1.165, 1.54) is 18.2 Å². The second kappa shape index (κ2) is 6.57. The first kappa shape index (κ1) is 14.6. The highest BCUT2D eigenvalue weighted by Crippen LogP contribution is 2.16. The summed E-state index contributed by atoms with van der Waals surface area (Å²) < 4.78 is 38.3. The van der Waals surface area contributed by atoms with Crippen LogP contribution in [-0.4, -0.2) is 27.8 Å². The Kier molecular flexibility index (Phi) is 5.05. The lowest BCUT2D eigenvalue weighted by Crippen LogP contribution is -2.41. The lowest BCUT2D eigenvalue weighted by molar-refractivity contribution is 0.409. The van der Waals surface area contributed by atoms with Crippen LogP contribution < -0.4 is 5.32 Å². The Hall–Kier alpha value is -0.810. The quantitative estimate of drug-likeness (QED) is 0.921. The van der Waals surface area contributed by atoms with Crippen LogP contribution in [-0.2, 0) is 17.2 Å². The summed E-state index contributed by atoms with van der Waals surface area (Å²) in [5.74, 6) is 0.466. The normalized spacial score (nSPS) is 25.2. The van der Waals surface area contributed by atoms with Crippen molar-refractivity contribution in [3.8, 4) is 0 Å². The first-order valence-electron chi connectivity index (χ1n) is 6.60. The Morgan fingerprint density at radius 2 is 1.89 bits per heavy atom. The van der Waals surface area contributed by atoms with E-state index in [1.54, 1.807) is 0 Å². The van der Waals surface area contributed by atoms with E-state index in [2.05, 4.69) is 5.32 Å². The predicted octanol–water partition coefficient (Wildman–Crippen LogP) is 2.40. The van der Waals surface area contributed by atoms with Crippen LogP contribution in [0.1, 0.15) is 25.3 Å². The topological polar surface area (TPSA) is 29.1 Å². The number of benzene rings is 1. The molecule has 0 amide bonds. The lowest BCUT2D eigenvalue weighted by Gasteiger charge is -2.26. The molecule has 0 bridgehead atoms. The summed E-state index contributed by atoms with van der Waals surface area (Å²) in [7, 11) is -0.681. The molecule has 1 heterocycles. The van der Waals surface area contributed by atoms with Crippen LogP contribution >= 0.6 is 0 Å². The van der Waals surface area contributed by atoms with Crippen LogP contribution in [0.2, 0.25) is 0 Å². The van der Waals surface area contributed by atoms with E-state index in [9.17, 15) is 13.0 Å². The van der Waals surface area contributed by atoms with Crippen molar-refractivity contribution < 1.29 is 13.0 Å². The van der Waals surface area contributed by atoms with Gasteiger partial charge in [0.25, 0.3) is 0 Å². The molecule has 2 rings (SSSR count). The van der Waals surface area contributed by atoms with Crippen molar-refractivity contribution in [2.45, 2.75) is 38.3 Å². The van der Waals surface area contributed by atoms with Gasteiger partial charge in [0.15, 0.2) is 0 Å². The molecule has 1 aromatic carbocycles. The predicted molar refractivity (Wildman–Crippen MR) is 73.6 cm³/mol. The van der Waals surface area contributed by atoms with Gasteiger partial charge in [-0.05, 0) is 38.3 Å². The van der Waals surface area contributed by atoms with Crippen molar-refractivity contribution in [2.75, 3.05) is 11.5 Å². The van der Waals surface area contributed by atoms with E-state index < -0.39 is 22.4 Å². The van der Waals surface area contributed by atoms with Gasteiger partial charge in [0.2, 0.25) is 0 Å². The highest BCUT2D eigenvalue weighted by atomic mass is 32.2. The number of rotatable bonds is 4. The fourth-order valence-corrected chi connectivity index (χ4v) is 3.75. The van der Waals surface area contributed by atoms with Gasteiger partial charge in [0.1, 0.15) is 11.6 Å². The van der Waals surface area contributed by atoms with E-state index in [4.69, 9.17) is 0 Å². The zero-order valence-electron chi connectivity index (χ0n) is 11.0. The molecule has 1 fully saturated rings. The fraction of sp³-hybridized carbons (Fsp3) is 0.571. The molecule has 1 saturated heterocycles. The summed E-state index contributed by atoms with van der Waals surface area (Å²) in [5, 5.41) is 3.37. The monoisotopic (exact) mass is 287 g/mol. The summed E-state index contributed by atoms with van der Waals surface area (Å²) in [4.78, 5) is 0. The molecule has 5 heteroatoms. The van der Waals surface area contributed by atoms with Crippen LogP contribution in [0.5, 0.6) is 0 Å². The second-order valence-corrected chi connectivity index (χ2v) is 6.79. The fourth-order valence-electron chi connectivity index (χ4n) is 2.46. The number of hydrogen-bond donors (Lipinski definition) is 1. The molecule has 0 aliphatic carbocycles. The summed E-state index contributed by atoms with van der Waals surface area (Å²) in [6, 6.07) is 4.26. The average Bonchev–Trinajstić information content (AvgIpc) is 2.37. The smallest absolute Gasteiger partial charge is 0.129 e. The standard InChI is InChI=1S/C14H19F2NOS/c1-10(17-11-5-7-19(18)8-6-11)9-12-13(15)3-2-4-14(12)16/h2-4,10-11,17H,5-9H2,1H3. The van der Waals surface area contributed by atoms with Gasteiger partial charge < -0.3 is 5.32 Å². The molecule has 19 heavy (non-hydrogen) atoms. The minimum absolute atomic E-state index is 0.00272. The Morgan fingerprint density at radius 3 is 2.47 bits per heavy atom.